The molecule has 0 aliphatic carbocycles. The number of unbranched alkanes of at least 4 members (excludes halogenated alkanes) is 62. The van der Waals surface area contributed by atoms with Crippen molar-refractivity contribution in [2.24, 2.45) is 5.92 Å². The molecule has 0 fully saturated rings. The fraction of sp³-hybridized carbons (Fsp3) is 0.956. The number of aliphatic hydroxyl groups is 1. The third-order valence-electron chi connectivity index (χ3n) is 21.9. The van der Waals surface area contributed by atoms with E-state index in [9.17, 15) is 43.2 Å². The van der Waals surface area contributed by atoms with Crippen molar-refractivity contribution in [3.05, 3.63) is 0 Å². The number of phosphoric acid groups is 2. The number of rotatable bonds is 91. The van der Waals surface area contributed by atoms with Crippen LogP contribution >= 0.6 is 15.6 Å². The highest BCUT2D eigenvalue weighted by Gasteiger charge is 2.31. The Morgan fingerprint density at radius 2 is 0.436 bits per heavy atom. The average Bonchev–Trinajstić information content (AvgIpc) is 0.899. The van der Waals surface area contributed by atoms with Crippen LogP contribution in [0.2, 0.25) is 0 Å². The van der Waals surface area contributed by atoms with Crippen LogP contribution in [0.15, 0.2) is 0 Å². The number of hydrogen-bond donors (Lipinski definition) is 3. The predicted molar refractivity (Wildman–Crippen MR) is 455 cm³/mol. The van der Waals surface area contributed by atoms with Gasteiger partial charge in [-0.15, -0.1) is 0 Å². The molecule has 0 bridgehead atoms. The molecule has 0 aliphatic rings. The van der Waals surface area contributed by atoms with Crippen LogP contribution in [0.5, 0.6) is 0 Å². The van der Waals surface area contributed by atoms with Crippen molar-refractivity contribution in [1.29, 1.82) is 0 Å². The molecule has 0 saturated carbocycles. The Hall–Kier alpha value is -1.94. The molecule has 110 heavy (non-hydrogen) atoms. The van der Waals surface area contributed by atoms with Gasteiger partial charge in [-0.05, 0) is 31.6 Å². The second-order valence-electron chi connectivity index (χ2n) is 32.9. The van der Waals surface area contributed by atoms with Crippen LogP contribution in [0.3, 0.4) is 0 Å². The van der Waals surface area contributed by atoms with Crippen molar-refractivity contribution in [2.75, 3.05) is 39.6 Å². The summed E-state index contributed by atoms with van der Waals surface area (Å²) in [7, 11) is -9.93. The lowest BCUT2D eigenvalue weighted by Crippen LogP contribution is -2.30. The molecule has 654 valence electrons. The third kappa shape index (κ3) is 82.6. The number of carbonyl (C=O) groups excluding carboxylic acids is 4. The van der Waals surface area contributed by atoms with Gasteiger partial charge in [0.2, 0.25) is 0 Å². The molecule has 0 radical (unpaired) electrons. The molecule has 0 aromatic heterocycles. The largest absolute Gasteiger partial charge is 0.472 e. The summed E-state index contributed by atoms with van der Waals surface area (Å²) in [6, 6.07) is 0. The summed E-state index contributed by atoms with van der Waals surface area (Å²) in [5.41, 5.74) is 0. The van der Waals surface area contributed by atoms with Crippen molar-refractivity contribution < 1.29 is 80.2 Å². The number of aliphatic hydroxyl groups excluding tert-OH is 1. The lowest BCUT2D eigenvalue weighted by molar-refractivity contribution is -0.161. The molecular formula is C91H178O17P2. The van der Waals surface area contributed by atoms with E-state index in [4.69, 9.17) is 37.0 Å². The summed E-state index contributed by atoms with van der Waals surface area (Å²) in [4.78, 5) is 73.4. The zero-order valence-corrected chi connectivity index (χ0v) is 74.2. The summed E-state index contributed by atoms with van der Waals surface area (Å²) in [5.74, 6) is -1.22. The highest BCUT2D eigenvalue weighted by Crippen LogP contribution is 2.45. The van der Waals surface area contributed by atoms with Crippen LogP contribution in [-0.2, 0) is 65.4 Å². The van der Waals surface area contributed by atoms with Crippen molar-refractivity contribution in [3.8, 4) is 0 Å². The fourth-order valence-corrected chi connectivity index (χ4v) is 15.9. The first-order chi connectivity index (χ1) is 53.6. The Morgan fingerprint density at radius 3 is 0.645 bits per heavy atom. The van der Waals surface area contributed by atoms with Gasteiger partial charge in [0.15, 0.2) is 12.2 Å². The number of esters is 4. The van der Waals surface area contributed by atoms with Gasteiger partial charge in [-0.25, -0.2) is 9.13 Å². The SMILES string of the molecule is CCCCCCCCCCCCCCCCCCCCCCC(=O)OC[C@H](COP(=O)(O)OC[C@@H](O)COP(=O)(O)OC[C@@H](COC(=O)CCCCCCCCCCCC)OC(=O)CCCCCCCCCCCCCCCCCCCC)OC(=O)CCCCCCCCCCCCCCCCCCCCC(C)CC. The molecule has 0 aliphatic heterocycles. The lowest BCUT2D eigenvalue weighted by Gasteiger charge is -2.21. The average molecular weight is 1610 g/mol. The maximum atomic E-state index is 13.2. The van der Waals surface area contributed by atoms with E-state index in [1.165, 1.54) is 321 Å². The van der Waals surface area contributed by atoms with Gasteiger partial charge in [-0.2, -0.15) is 0 Å². The second-order valence-corrected chi connectivity index (χ2v) is 35.8. The van der Waals surface area contributed by atoms with Crippen LogP contribution in [0.4, 0.5) is 0 Å². The first-order valence-corrected chi connectivity index (χ1v) is 50.2. The van der Waals surface area contributed by atoms with Crippen LogP contribution in [0.1, 0.15) is 497 Å². The molecule has 0 heterocycles. The minimum Gasteiger partial charge on any atom is -0.462 e. The molecule has 19 heteroatoms. The van der Waals surface area contributed by atoms with Gasteiger partial charge in [-0.3, -0.25) is 37.3 Å². The molecule has 0 amide bonds. The number of ether oxygens (including phenoxy) is 4. The topological polar surface area (TPSA) is 237 Å². The Morgan fingerprint density at radius 1 is 0.255 bits per heavy atom. The van der Waals surface area contributed by atoms with Crippen LogP contribution < -0.4 is 0 Å². The Bertz CT molecular complexity index is 2080. The maximum Gasteiger partial charge on any atom is 0.472 e. The van der Waals surface area contributed by atoms with E-state index in [0.29, 0.717) is 25.7 Å². The molecule has 6 atom stereocenters. The van der Waals surface area contributed by atoms with Crippen LogP contribution in [0.25, 0.3) is 0 Å². The Balaban J connectivity index is 5.21. The van der Waals surface area contributed by atoms with Gasteiger partial charge in [0.25, 0.3) is 0 Å². The number of phosphoric ester groups is 2. The molecule has 3 N–H and O–H groups in total. The second kappa shape index (κ2) is 83.5. The van der Waals surface area contributed by atoms with Gasteiger partial charge in [-0.1, -0.05) is 446 Å². The molecule has 0 spiro atoms. The van der Waals surface area contributed by atoms with E-state index in [2.05, 4.69) is 34.6 Å². The minimum atomic E-state index is -4.97. The van der Waals surface area contributed by atoms with E-state index in [1.54, 1.807) is 0 Å². The minimum absolute atomic E-state index is 0.109. The summed E-state index contributed by atoms with van der Waals surface area (Å²) in [6.45, 7) is 7.46. The summed E-state index contributed by atoms with van der Waals surface area (Å²) < 4.78 is 69.0. The fourth-order valence-electron chi connectivity index (χ4n) is 14.3. The number of carbonyl (C=O) groups is 4. The summed E-state index contributed by atoms with van der Waals surface area (Å²) in [6.07, 6.45) is 79.2. The standard InChI is InChI=1S/C91H178O17P2/c1-6-10-13-16-19-22-25-27-29-31-33-34-39-42-46-50-55-60-65-70-75-89(94)102-81-87(108-91(96)77-72-67-62-57-52-48-44-40-36-35-37-41-45-49-53-58-63-68-73-84(5)9-4)83-106-110(99,100)104-79-85(92)78-103-109(97,98)105-82-86(80-101-88(93)74-69-64-59-54-24-21-18-15-12-8-3)107-90(95)76-71-66-61-56-51-47-43-38-32-30-28-26-23-20-17-14-11-7-2/h84-87,92H,6-83H2,1-5H3,(H,97,98)(H,99,100)/t84?,85-,86+,87+/m0/s1. The smallest absolute Gasteiger partial charge is 0.462 e. The maximum absolute atomic E-state index is 13.2. The summed E-state index contributed by atoms with van der Waals surface area (Å²) in [5, 5.41) is 10.7. The van der Waals surface area contributed by atoms with E-state index in [1.807, 2.05) is 0 Å². The Kier molecular flexibility index (Phi) is 82.1. The normalized spacial score (nSPS) is 13.9. The van der Waals surface area contributed by atoms with Crippen molar-refractivity contribution >= 4 is 39.5 Å². The molecule has 0 aromatic carbocycles. The van der Waals surface area contributed by atoms with E-state index in [0.717, 1.165) is 95.8 Å². The molecule has 0 rings (SSSR count). The zero-order chi connectivity index (χ0) is 80.4. The van der Waals surface area contributed by atoms with E-state index in [-0.39, 0.29) is 25.7 Å². The molecule has 17 nitrogen and oxygen atoms in total. The zero-order valence-electron chi connectivity index (χ0n) is 72.4. The van der Waals surface area contributed by atoms with Gasteiger partial charge < -0.3 is 33.8 Å². The van der Waals surface area contributed by atoms with Gasteiger partial charge in [0, 0.05) is 25.7 Å². The quantitative estimate of drug-likeness (QED) is 0.0222. The van der Waals surface area contributed by atoms with Gasteiger partial charge in [0.05, 0.1) is 26.4 Å². The van der Waals surface area contributed by atoms with Crippen molar-refractivity contribution in [1.82, 2.24) is 0 Å². The highest BCUT2D eigenvalue weighted by molar-refractivity contribution is 7.47. The van der Waals surface area contributed by atoms with Crippen molar-refractivity contribution in [2.45, 2.75) is 515 Å². The number of hydrogen-bond acceptors (Lipinski definition) is 15. The monoisotopic (exact) mass is 1610 g/mol. The predicted octanol–water partition coefficient (Wildman–Crippen LogP) is 28.3. The summed E-state index contributed by atoms with van der Waals surface area (Å²) >= 11 is 0. The van der Waals surface area contributed by atoms with Crippen LogP contribution in [0, 0.1) is 5.92 Å². The molecular weight excluding hydrogens is 1430 g/mol. The van der Waals surface area contributed by atoms with Crippen molar-refractivity contribution in [3.63, 3.8) is 0 Å². The van der Waals surface area contributed by atoms with E-state index < -0.39 is 97.5 Å². The first-order valence-electron chi connectivity index (χ1n) is 47.2. The van der Waals surface area contributed by atoms with E-state index >= 15 is 0 Å². The van der Waals surface area contributed by atoms with Crippen LogP contribution in [-0.4, -0.2) is 96.7 Å². The molecule has 0 saturated heterocycles. The van der Waals surface area contributed by atoms with Gasteiger partial charge >= 0.3 is 39.5 Å². The lowest BCUT2D eigenvalue weighted by atomic mass is 9.99. The Labute approximate surface area is 677 Å². The first kappa shape index (κ1) is 108. The third-order valence-corrected chi connectivity index (χ3v) is 23.8. The van der Waals surface area contributed by atoms with Gasteiger partial charge in [0.1, 0.15) is 19.3 Å². The molecule has 0 aromatic rings. The molecule has 3 unspecified atom stereocenters. The highest BCUT2D eigenvalue weighted by atomic mass is 31.2.